The summed E-state index contributed by atoms with van der Waals surface area (Å²) >= 11 is 0. The predicted octanol–water partition coefficient (Wildman–Crippen LogP) is 2.26. The molecule has 0 bridgehead atoms. The highest BCUT2D eigenvalue weighted by Crippen LogP contribution is 2.07. The number of hydrogen-bond donors (Lipinski definition) is 1. The third-order valence-corrected chi connectivity index (χ3v) is 2.25. The summed E-state index contributed by atoms with van der Waals surface area (Å²) < 4.78 is 35.9. The summed E-state index contributed by atoms with van der Waals surface area (Å²) in [6.45, 7) is 4.74. The predicted molar refractivity (Wildman–Crippen MR) is 63.4 cm³/mol. The molecule has 1 N–H and O–H groups in total. The van der Waals surface area contributed by atoms with Gasteiger partial charge in [0.1, 0.15) is 0 Å². The van der Waals surface area contributed by atoms with Crippen LogP contribution in [0.5, 0.6) is 0 Å². The van der Waals surface area contributed by atoms with Crippen LogP contribution in [0.15, 0.2) is 18.2 Å². The van der Waals surface area contributed by atoms with E-state index in [1.165, 1.54) is 13.1 Å². The van der Waals surface area contributed by atoms with Crippen molar-refractivity contribution in [2.24, 2.45) is 0 Å². The Morgan fingerprint density at radius 3 is 1.82 bits per heavy atom. The van der Waals surface area contributed by atoms with Gasteiger partial charge < -0.3 is 10.2 Å². The normalized spacial score (nSPS) is 15.5. The van der Waals surface area contributed by atoms with Gasteiger partial charge in [0, 0.05) is 26.2 Å². The van der Waals surface area contributed by atoms with Gasteiger partial charge in [0.25, 0.3) is 0 Å². The lowest BCUT2D eigenvalue weighted by Gasteiger charge is -2.21. The largest absolute Gasteiger partial charge is 0.314 e. The molecule has 2 nitrogen and oxygen atoms in total. The Bertz CT molecular complexity index is 305. The van der Waals surface area contributed by atoms with Gasteiger partial charge in [0.2, 0.25) is 0 Å². The molecule has 0 unspecified atom stereocenters. The lowest BCUT2D eigenvalue weighted by molar-refractivity contribution is 0.291. The van der Waals surface area contributed by atoms with Crippen molar-refractivity contribution in [3.05, 3.63) is 35.7 Å². The van der Waals surface area contributed by atoms with Crippen LogP contribution >= 0.6 is 0 Å². The van der Waals surface area contributed by atoms with Gasteiger partial charge >= 0.3 is 0 Å². The summed E-state index contributed by atoms with van der Waals surface area (Å²) in [4.78, 5) is 2.33. The SMILES string of the molecule is C.CN1CCNCC1.Fc1cccc(F)c1F. The van der Waals surface area contributed by atoms with Gasteiger partial charge in [-0.15, -0.1) is 0 Å². The van der Waals surface area contributed by atoms with E-state index >= 15 is 0 Å². The molecule has 98 valence electrons. The van der Waals surface area contributed by atoms with Crippen LogP contribution in [0, 0.1) is 17.5 Å². The van der Waals surface area contributed by atoms with E-state index in [2.05, 4.69) is 17.3 Å². The second-order valence-electron chi connectivity index (χ2n) is 3.59. The summed E-state index contributed by atoms with van der Waals surface area (Å²) in [5, 5.41) is 3.27. The molecular weight excluding hydrogens is 229 g/mol. The molecule has 1 aromatic carbocycles. The molecule has 5 heteroatoms. The molecular formula is C12H19F3N2. The van der Waals surface area contributed by atoms with Gasteiger partial charge in [0.05, 0.1) is 0 Å². The molecule has 0 amide bonds. The molecule has 1 aliphatic rings. The molecule has 1 fully saturated rings. The van der Waals surface area contributed by atoms with Crippen molar-refractivity contribution in [2.45, 2.75) is 7.43 Å². The Balaban J connectivity index is 0.000000292. The fourth-order valence-corrected chi connectivity index (χ4v) is 1.25. The van der Waals surface area contributed by atoms with Gasteiger partial charge in [-0.1, -0.05) is 13.5 Å². The first-order chi connectivity index (χ1) is 7.61. The van der Waals surface area contributed by atoms with E-state index in [1.54, 1.807) is 0 Å². The summed E-state index contributed by atoms with van der Waals surface area (Å²) in [6, 6.07) is 2.82. The van der Waals surface area contributed by atoms with Gasteiger partial charge in [-0.05, 0) is 19.2 Å². The van der Waals surface area contributed by atoms with Gasteiger partial charge in [0.15, 0.2) is 17.5 Å². The van der Waals surface area contributed by atoms with Crippen molar-refractivity contribution >= 4 is 0 Å². The average Bonchev–Trinajstić information content (AvgIpc) is 2.28. The molecule has 2 rings (SSSR count). The monoisotopic (exact) mass is 248 g/mol. The number of halogens is 3. The van der Waals surface area contributed by atoms with E-state index in [1.807, 2.05) is 0 Å². The van der Waals surface area contributed by atoms with Crippen LogP contribution in [0.2, 0.25) is 0 Å². The maximum absolute atomic E-state index is 12.0. The first-order valence-electron chi connectivity index (χ1n) is 5.10. The van der Waals surface area contributed by atoms with E-state index in [4.69, 9.17) is 0 Å². The van der Waals surface area contributed by atoms with Crippen LogP contribution in [0.3, 0.4) is 0 Å². The fourth-order valence-electron chi connectivity index (χ4n) is 1.25. The Morgan fingerprint density at radius 2 is 1.53 bits per heavy atom. The fraction of sp³-hybridized carbons (Fsp3) is 0.500. The molecule has 1 aliphatic heterocycles. The zero-order valence-electron chi connectivity index (χ0n) is 9.14. The topological polar surface area (TPSA) is 15.3 Å². The highest BCUT2D eigenvalue weighted by atomic mass is 19.2. The van der Waals surface area contributed by atoms with Crippen LogP contribution in [-0.2, 0) is 0 Å². The zero-order chi connectivity index (χ0) is 12.0. The minimum Gasteiger partial charge on any atom is -0.314 e. The minimum atomic E-state index is -1.42. The third kappa shape index (κ3) is 5.70. The van der Waals surface area contributed by atoms with Gasteiger partial charge in [-0.25, -0.2) is 13.2 Å². The molecule has 17 heavy (non-hydrogen) atoms. The number of likely N-dealkylation sites (N-methyl/N-ethyl adjacent to an activating group) is 1. The Labute approximate surface area is 100 Å². The number of piperazine rings is 1. The smallest absolute Gasteiger partial charge is 0.194 e. The molecule has 1 aromatic rings. The molecule has 0 radical (unpaired) electrons. The summed E-state index contributed by atoms with van der Waals surface area (Å²) in [7, 11) is 2.15. The first kappa shape index (κ1) is 15.9. The van der Waals surface area contributed by atoms with Crippen LogP contribution in [-0.4, -0.2) is 38.1 Å². The molecule has 1 heterocycles. The maximum atomic E-state index is 12.0. The number of rotatable bonds is 0. The molecule has 0 aliphatic carbocycles. The second-order valence-corrected chi connectivity index (χ2v) is 3.59. The van der Waals surface area contributed by atoms with E-state index in [0.29, 0.717) is 0 Å². The van der Waals surface area contributed by atoms with Gasteiger partial charge in [-0.3, -0.25) is 0 Å². The highest BCUT2D eigenvalue weighted by Gasteiger charge is 2.04. The lowest BCUT2D eigenvalue weighted by atomic mass is 10.3. The standard InChI is InChI=1S/C6H3F3.C5H12N2.CH4/c7-4-2-1-3-5(8)6(4)9;1-7-4-2-6-3-5-7;/h1-3H;6H,2-5H2,1H3;1H4. The Morgan fingerprint density at radius 1 is 1.06 bits per heavy atom. The first-order valence-corrected chi connectivity index (χ1v) is 5.10. The van der Waals surface area contributed by atoms with E-state index in [-0.39, 0.29) is 7.43 Å². The van der Waals surface area contributed by atoms with Crippen molar-refractivity contribution in [1.29, 1.82) is 0 Å². The third-order valence-electron chi connectivity index (χ3n) is 2.25. The quantitative estimate of drug-likeness (QED) is 0.708. The van der Waals surface area contributed by atoms with Crippen LogP contribution in [0.4, 0.5) is 13.2 Å². The Kier molecular flexibility index (Phi) is 7.58. The van der Waals surface area contributed by atoms with Gasteiger partial charge in [-0.2, -0.15) is 0 Å². The maximum Gasteiger partial charge on any atom is 0.194 e. The number of nitrogens with zero attached hydrogens (tertiary/aromatic N) is 1. The minimum absolute atomic E-state index is 0. The van der Waals surface area contributed by atoms with Crippen molar-refractivity contribution < 1.29 is 13.2 Å². The second kappa shape index (κ2) is 8.08. The van der Waals surface area contributed by atoms with Crippen molar-refractivity contribution in [2.75, 3.05) is 33.2 Å². The number of nitrogens with one attached hydrogen (secondary N) is 1. The summed E-state index contributed by atoms with van der Waals surface area (Å²) in [6.07, 6.45) is 0. The van der Waals surface area contributed by atoms with Crippen LogP contribution in [0.1, 0.15) is 7.43 Å². The van der Waals surface area contributed by atoms with Crippen LogP contribution in [0.25, 0.3) is 0 Å². The number of benzene rings is 1. The average molecular weight is 248 g/mol. The molecule has 0 aromatic heterocycles. The van der Waals surface area contributed by atoms with Crippen molar-refractivity contribution in [1.82, 2.24) is 10.2 Å². The Hall–Kier alpha value is -1.07. The number of hydrogen-bond acceptors (Lipinski definition) is 2. The van der Waals surface area contributed by atoms with Crippen molar-refractivity contribution in [3.63, 3.8) is 0 Å². The van der Waals surface area contributed by atoms with E-state index < -0.39 is 17.5 Å². The highest BCUT2D eigenvalue weighted by molar-refractivity contribution is 5.07. The molecule has 1 saturated heterocycles. The lowest BCUT2D eigenvalue weighted by Crippen LogP contribution is -2.40. The van der Waals surface area contributed by atoms with E-state index in [0.717, 1.165) is 31.3 Å². The summed E-state index contributed by atoms with van der Waals surface area (Å²) in [5.74, 6) is -3.73. The molecule has 0 spiro atoms. The van der Waals surface area contributed by atoms with Crippen molar-refractivity contribution in [3.8, 4) is 0 Å². The summed E-state index contributed by atoms with van der Waals surface area (Å²) in [5.41, 5.74) is 0. The molecule has 0 saturated carbocycles. The van der Waals surface area contributed by atoms with E-state index in [9.17, 15) is 13.2 Å². The molecule has 0 atom stereocenters. The van der Waals surface area contributed by atoms with Crippen LogP contribution < -0.4 is 5.32 Å². The zero-order valence-corrected chi connectivity index (χ0v) is 9.14.